The van der Waals surface area contributed by atoms with Crippen molar-refractivity contribution in [2.24, 2.45) is 5.41 Å². The molecule has 1 saturated heterocycles. The van der Waals surface area contributed by atoms with Gasteiger partial charge >= 0.3 is 5.97 Å². The SMILES string of the molecule is COCCN(CCCCc1ccc2c(n1)NCCC2)CCC(NC(=O)C1(C)COC1)C(=O)O. The zero-order chi connectivity index (χ0) is 23.7. The standard InChI is InChI=1S/C24H38N4O5/c1-24(16-33-17-24)23(31)27-20(22(29)30)10-13-28(14-15-32-2)12-4-3-7-19-9-8-18-6-5-11-25-21(18)26-19/h8-9,20H,3-7,10-17H2,1-2H3,(H,25,26)(H,27,31)(H,29,30). The number of carbonyl (C=O) groups is 2. The maximum Gasteiger partial charge on any atom is 0.326 e. The van der Waals surface area contributed by atoms with Crippen molar-refractivity contribution < 1.29 is 24.2 Å². The summed E-state index contributed by atoms with van der Waals surface area (Å²) in [5.41, 5.74) is 1.78. The quantitative estimate of drug-likeness (QED) is 0.358. The van der Waals surface area contributed by atoms with Gasteiger partial charge in [-0.1, -0.05) is 6.07 Å². The molecule has 0 aromatic carbocycles. The highest BCUT2D eigenvalue weighted by molar-refractivity contribution is 5.87. The number of carbonyl (C=O) groups excluding carboxylic acids is 1. The van der Waals surface area contributed by atoms with Crippen LogP contribution in [0.4, 0.5) is 5.82 Å². The van der Waals surface area contributed by atoms with Crippen LogP contribution in [-0.4, -0.2) is 86.0 Å². The van der Waals surface area contributed by atoms with Gasteiger partial charge in [0.1, 0.15) is 11.9 Å². The second-order valence-electron chi connectivity index (χ2n) is 9.34. The lowest BCUT2D eigenvalue weighted by atomic mass is 9.87. The number of nitrogens with one attached hydrogen (secondary N) is 2. The summed E-state index contributed by atoms with van der Waals surface area (Å²) in [4.78, 5) is 31.1. The maximum atomic E-state index is 12.4. The zero-order valence-electron chi connectivity index (χ0n) is 19.9. The number of aryl methyl sites for hydroxylation is 2. The Morgan fingerprint density at radius 3 is 2.82 bits per heavy atom. The summed E-state index contributed by atoms with van der Waals surface area (Å²) in [6.45, 7) is 6.18. The summed E-state index contributed by atoms with van der Waals surface area (Å²) in [7, 11) is 1.66. The molecule has 1 amide bonds. The normalized spacial score (nSPS) is 17.5. The number of unbranched alkanes of at least 4 members (excludes halogenated alkanes) is 1. The number of hydrogen-bond donors (Lipinski definition) is 3. The predicted octanol–water partition coefficient (Wildman–Crippen LogP) is 1.71. The highest BCUT2D eigenvalue weighted by Crippen LogP contribution is 2.26. The number of carboxylic acid groups (broad SMARTS) is 1. The molecule has 0 bridgehead atoms. The molecule has 1 fully saturated rings. The Morgan fingerprint density at radius 2 is 2.12 bits per heavy atom. The fourth-order valence-electron chi connectivity index (χ4n) is 4.15. The van der Waals surface area contributed by atoms with Crippen molar-refractivity contribution in [3.63, 3.8) is 0 Å². The second kappa shape index (κ2) is 12.3. The van der Waals surface area contributed by atoms with Crippen molar-refractivity contribution in [1.82, 2.24) is 15.2 Å². The van der Waals surface area contributed by atoms with E-state index in [1.807, 2.05) is 0 Å². The molecule has 9 heteroatoms. The first kappa shape index (κ1) is 25.4. The average molecular weight is 463 g/mol. The highest BCUT2D eigenvalue weighted by atomic mass is 16.5. The van der Waals surface area contributed by atoms with E-state index in [0.717, 1.165) is 63.3 Å². The molecule has 0 radical (unpaired) electrons. The van der Waals surface area contributed by atoms with Gasteiger partial charge in [-0.3, -0.25) is 4.79 Å². The van der Waals surface area contributed by atoms with Crippen LogP contribution in [0, 0.1) is 5.41 Å². The van der Waals surface area contributed by atoms with Crippen molar-refractivity contribution >= 4 is 17.7 Å². The van der Waals surface area contributed by atoms with E-state index in [4.69, 9.17) is 14.5 Å². The lowest BCUT2D eigenvalue weighted by Crippen LogP contribution is -2.56. The number of methoxy groups -OCH3 is 1. The van der Waals surface area contributed by atoms with Crippen LogP contribution in [0.5, 0.6) is 0 Å². The third-order valence-corrected chi connectivity index (χ3v) is 6.45. The van der Waals surface area contributed by atoms with Gasteiger partial charge in [-0.2, -0.15) is 0 Å². The molecule has 3 N–H and O–H groups in total. The Hall–Kier alpha value is -2.23. The molecule has 2 aliphatic heterocycles. The van der Waals surface area contributed by atoms with Gasteiger partial charge < -0.3 is 30.1 Å². The number of fused-ring (bicyclic) bond motifs is 1. The molecule has 1 aromatic rings. The van der Waals surface area contributed by atoms with Crippen molar-refractivity contribution in [2.45, 2.75) is 51.5 Å². The summed E-state index contributed by atoms with van der Waals surface area (Å²) < 4.78 is 10.3. The fourth-order valence-corrected chi connectivity index (χ4v) is 4.15. The van der Waals surface area contributed by atoms with Gasteiger partial charge in [-0.15, -0.1) is 0 Å². The van der Waals surface area contributed by atoms with Gasteiger partial charge in [0.15, 0.2) is 0 Å². The Balaban J connectivity index is 1.44. The second-order valence-corrected chi connectivity index (χ2v) is 9.34. The van der Waals surface area contributed by atoms with E-state index in [2.05, 4.69) is 27.7 Å². The van der Waals surface area contributed by atoms with Crippen LogP contribution in [-0.2, 0) is 31.9 Å². The van der Waals surface area contributed by atoms with E-state index in [-0.39, 0.29) is 5.91 Å². The Labute approximate surface area is 196 Å². The zero-order valence-corrected chi connectivity index (χ0v) is 19.9. The summed E-state index contributed by atoms with van der Waals surface area (Å²) >= 11 is 0. The molecule has 184 valence electrons. The number of carboxylic acids is 1. The number of aliphatic carboxylic acids is 1. The van der Waals surface area contributed by atoms with Gasteiger partial charge in [-0.05, 0) is 63.6 Å². The fraction of sp³-hybridized carbons (Fsp3) is 0.708. The number of amides is 1. The first-order valence-electron chi connectivity index (χ1n) is 12.0. The molecule has 1 unspecified atom stereocenters. The Bertz CT molecular complexity index is 799. The lowest BCUT2D eigenvalue weighted by molar-refractivity contribution is -0.161. The smallest absolute Gasteiger partial charge is 0.326 e. The molecule has 0 saturated carbocycles. The number of rotatable bonds is 14. The minimum Gasteiger partial charge on any atom is -0.480 e. The summed E-state index contributed by atoms with van der Waals surface area (Å²) in [5, 5.41) is 15.7. The number of anilines is 1. The molecule has 3 heterocycles. The van der Waals surface area contributed by atoms with E-state index in [9.17, 15) is 14.7 Å². The van der Waals surface area contributed by atoms with Crippen molar-refractivity contribution in [1.29, 1.82) is 0 Å². The Kier molecular flexibility index (Phi) is 9.46. The van der Waals surface area contributed by atoms with Gasteiger partial charge in [-0.25, -0.2) is 9.78 Å². The van der Waals surface area contributed by atoms with Crippen LogP contribution in [0.1, 0.15) is 43.9 Å². The number of aromatic nitrogens is 1. The van der Waals surface area contributed by atoms with E-state index >= 15 is 0 Å². The average Bonchev–Trinajstić information content (AvgIpc) is 2.79. The van der Waals surface area contributed by atoms with E-state index in [1.54, 1.807) is 14.0 Å². The van der Waals surface area contributed by atoms with Gasteiger partial charge in [0.2, 0.25) is 5.91 Å². The first-order chi connectivity index (χ1) is 15.9. The summed E-state index contributed by atoms with van der Waals surface area (Å²) in [6, 6.07) is 3.40. The maximum absolute atomic E-state index is 12.4. The minimum absolute atomic E-state index is 0.253. The number of pyridine rings is 1. The summed E-state index contributed by atoms with van der Waals surface area (Å²) in [6.07, 6.45) is 5.50. The molecule has 33 heavy (non-hydrogen) atoms. The van der Waals surface area contributed by atoms with Crippen LogP contribution in [0.3, 0.4) is 0 Å². The number of hydrogen-bond acceptors (Lipinski definition) is 7. The molecule has 0 aliphatic carbocycles. The molecule has 9 nitrogen and oxygen atoms in total. The lowest BCUT2D eigenvalue weighted by Gasteiger charge is -2.37. The molecule has 2 aliphatic rings. The molecule has 3 rings (SSSR count). The van der Waals surface area contributed by atoms with Crippen molar-refractivity contribution in [3.8, 4) is 0 Å². The van der Waals surface area contributed by atoms with Gasteiger partial charge in [0.25, 0.3) is 0 Å². The highest BCUT2D eigenvalue weighted by Gasteiger charge is 2.42. The van der Waals surface area contributed by atoms with Crippen molar-refractivity contribution in [3.05, 3.63) is 23.4 Å². The molecular weight excluding hydrogens is 424 g/mol. The van der Waals surface area contributed by atoms with Gasteiger partial charge in [0, 0.05) is 32.4 Å². The number of ether oxygens (including phenoxy) is 2. The molecule has 1 aromatic heterocycles. The molecule has 0 spiro atoms. The van der Waals surface area contributed by atoms with Crippen molar-refractivity contribution in [2.75, 3.05) is 58.4 Å². The monoisotopic (exact) mass is 462 g/mol. The topological polar surface area (TPSA) is 113 Å². The third kappa shape index (κ3) is 7.38. The van der Waals surface area contributed by atoms with Crippen LogP contribution in [0.15, 0.2) is 12.1 Å². The third-order valence-electron chi connectivity index (χ3n) is 6.45. The molecular formula is C24H38N4O5. The van der Waals surface area contributed by atoms with Crippen LogP contribution in [0.2, 0.25) is 0 Å². The minimum atomic E-state index is -1.01. The van der Waals surface area contributed by atoms with E-state index in [0.29, 0.717) is 32.8 Å². The van der Waals surface area contributed by atoms with E-state index in [1.165, 1.54) is 5.56 Å². The van der Waals surface area contributed by atoms with Crippen LogP contribution in [0.25, 0.3) is 0 Å². The summed E-state index contributed by atoms with van der Waals surface area (Å²) in [5.74, 6) is -0.229. The molecule has 1 atom stereocenters. The van der Waals surface area contributed by atoms with Crippen LogP contribution >= 0.6 is 0 Å². The predicted molar refractivity (Wildman–Crippen MR) is 125 cm³/mol. The number of nitrogens with zero attached hydrogens (tertiary/aromatic N) is 2. The van der Waals surface area contributed by atoms with Gasteiger partial charge in [0.05, 0.1) is 25.2 Å². The largest absolute Gasteiger partial charge is 0.480 e. The first-order valence-corrected chi connectivity index (χ1v) is 12.0. The Morgan fingerprint density at radius 1 is 1.30 bits per heavy atom. The van der Waals surface area contributed by atoms with E-state index < -0.39 is 17.4 Å². The van der Waals surface area contributed by atoms with Crippen LogP contribution < -0.4 is 10.6 Å².